The van der Waals surface area contributed by atoms with Gasteiger partial charge in [-0.1, -0.05) is 26.7 Å². The zero-order chi connectivity index (χ0) is 15.1. The first-order valence-electron chi connectivity index (χ1n) is 7.14. The summed E-state index contributed by atoms with van der Waals surface area (Å²) in [5.74, 6) is -1.96. The minimum atomic E-state index is -0.981. The summed E-state index contributed by atoms with van der Waals surface area (Å²) in [6.45, 7) is 4.07. The molecule has 0 bridgehead atoms. The molecule has 0 saturated heterocycles. The lowest BCUT2D eigenvalue weighted by Gasteiger charge is -2.15. The van der Waals surface area contributed by atoms with E-state index >= 15 is 0 Å². The van der Waals surface area contributed by atoms with Gasteiger partial charge in [0.25, 0.3) is 0 Å². The molecule has 0 heterocycles. The van der Waals surface area contributed by atoms with Crippen LogP contribution in [-0.4, -0.2) is 22.2 Å². The average Bonchev–Trinajstić information content (AvgIpc) is 2.41. The third kappa shape index (κ3) is 3.83. The van der Waals surface area contributed by atoms with Crippen LogP contribution in [0.15, 0.2) is 12.1 Å². The third-order valence-corrected chi connectivity index (χ3v) is 3.45. The van der Waals surface area contributed by atoms with Gasteiger partial charge >= 0.3 is 11.9 Å². The maximum atomic E-state index is 11.3. The van der Waals surface area contributed by atoms with E-state index in [0.29, 0.717) is 24.0 Å². The lowest BCUT2D eigenvalue weighted by molar-refractivity contribution is 0.0679. The third-order valence-electron chi connectivity index (χ3n) is 3.45. The zero-order valence-electron chi connectivity index (χ0n) is 12.1. The van der Waals surface area contributed by atoms with Crippen molar-refractivity contribution in [2.45, 2.75) is 52.4 Å². The van der Waals surface area contributed by atoms with Crippen molar-refractivity contribution in [2.24, 2.45) is 0 Å². The molecule has 0 aliphatic carbocycles. The minimum absolute atomic E-state index is 0.245. The molecular weight excluding hydrogens is 256 g/mol. The number of carboxylic acid groups (broad SMARTS) is 2. The molecular formula is C16H22O4. The Hall–Kier alpha value is -1.84. The Morgan fingerprint density at radius 3 is 1.45 bits per heavy atom. The fourth-order valence-electron chi connectivity index (χ4n) is 2.37. The van der Waals surface area contributed by atoms with Crippen LogP contribution in [0.2, 0.25) is 0 Å². The second-order valence-electron chi connectivity index (χ2n) is 4.94. The van der Waals surface area contributed by atoms with Gasteiger partial charge in [0.15, 0.2) is 0 Å². The Balaban J connectivity index is 3.37. The predicted molar refractivity (Wildman–Crippen MR) is 77.6 cm³/mol. The maximum absolute atomic E-state index is 11.3. The first kappa shape index (κ1) is 16.2. The molecule has 1 aromatic carbocycles. The molecule has 4 nitrogen and oxygen atoms in total. The van der Waals surface area contributed by atoms with Crippen LogP contribution in [0.25, 0.3) is 0 Å². The van der Waals surface area contributed by atoms with Crippen molar-refractivity contribution >= 4 is 11.9 Å². The highest BCUT2D eigenvalue weighted by molar-refractivity contribution is 5.95. The second kappa shape index (κ2) is 7.68. The molecule has 1 aromatic rings. The molecule has 0 aliphatic rings. The summed E-state index contributed by atoms with van der Waals surface area (Å²) in [4.78, 5) is 22.7. The topological polar surface area (TPSA) is 74.6 Å². The summed E-state index contributed by atoms with van der Waals surface area (Å²) >= 11 is 0. The number of hydrogen-bond donors (Lipinski definition) is 2. The summed E-state index contributed by atoms with van der Waals surface area (Å²) in [5.41, 5.74) is 1.89. The number of carboxylic acids is 2. The van der Waals surface area contributed by atoms with Crippen LogP contribution in [0.5, 0.6) is 0 Å². The Morgan fingerprint density at radius 2 is 1.20 bits per heavy atom. The Kier molecular flexibility index (Phi) is 6.22. The fourth-order valence-corrected chi connectivity index (χ4v) is 2.37. The van der Waals surface area contributed by atoms with E-state index in [9.17, 15) is 19.8 Å². The van der Waals surface area contributed by atoms with Crippen molar-refractivity contribution in [1.82, 2.24) is 0 Å². The highest BCUT2D eigenvalue weighted by atomic mass is 16.4. The molecule has 110 valence electrons. The standard InChI is InChI=1S/C16H22O4/c1-3-5-7-11-12(8-6-4-2)14(16(19)20)10-9-13(11)15(17)18/h9-10H,3-8H2,1-2H3,(H,17,18)(H,19,20). The molecule has 0 aliphatic heterocycles. The van der Waals surface area contributed by atoms with Crippen molar-refractivity contribution < 1.29 is 19.8 Å². The normalized spacial score (nSPS) is 10.5. The van der Waals surface area contributed by atoms with Crippen molar-refractivity contribution in [3.8, 4) is 0 Å². The number of carbonyl (C=O) groups is 2. The van der Waals surface area contributed by atoms with E-state index in [4.69, 9.17) is 0 Å². The van der Waals surface area contributed by atoms with Gasteiger partial charge in [0.2, 0.25) is 0 Å². The summed E-state index contributed by atoms with van der Waals surface area (Å²) in [6.07, 6.45) is 4.87. The first-order chi connectivity index (χ1) is 9.52. The van der Waals surface area contributed by atoms with Gasteiger partial charge in [-0.3, -0.25) is 0 Å². The van der Waals surface area contributed by atoms with E-state index in [2.05, 4.69) is 0 Å². The SMILES string of the molecule is CCCCc1c(C(=O)O)ccc(C(=O)O)c1CCCC. The molecule has 0 amide bonds. The molecule has 0 unspecified atom stereocenters. The minimum Gasteiger partial charge on any atom is -0.478 e. The Bertz CT molecular complexity index is 446. The van der Waals surface area contributed by atoms with Crippen LogP contribution in [0.1, 0.15) is 71.4 Å². The molecule has 0 aromatic heterocycles. The van der Waals surface area contributed by atoms with E-state index in [1.54, 1.807) is 0 Å². The Labute approximate surface area is 119 Å². The molecule has 0 spiro atoms. The van der Waals surface area contributed by atoms with Crippen molar-refractivity contribution in [2.75, 3.05) is 0 Å². The fraction of sp³-hybridized carbons (Fsp3) is 0.500. The summed E-state index contributed by atoms with van der Waals surface area (Å²) in [6, 6.07) is 2.85. The molecule has 4 heteroatoms. The number of hydrogen-bond acceptors (Lipinski definition) is 2. The smallest absolute Gasteiger partial charge is 0.335 e. The van der Waals surface area contributed by atoms with Gasteiger partial charge in [-0.05, 0) is 48.9 Å². The molecule has 0 saturated carbocycles. The van der Waals surface area contributed by atoms with E-state index in [0.717, 1.165) is 25.7 Å². The largest absolute Gasteiger partial charge is 0.478 e. The van der Waals surface area contributed by atoms with Crippen LogP contribution < -0.4 is 0 Å². The number of benzene rings is 1. The van der Waals surface area contributed by atoms with Gasteiger partial charge in [-0.25, -0.2) is 9.59 Å². The predicted octanol–water partition coefficient (Wildman–Crippen LogP) is 3.77. The van der Waals surface area contributed by atoms with Crippen LogP contribution in [0.3, 0.4) is 0 Å². The van der Waals surface area contributed by atoms with Gasteiger partial charge in [-0.15, -0.1) is 0 Å². The first-order valence-corrected chi connectivity index (χ1v) is 7.14. The van der Waals surface area contributed by atoms with E-state index in [1.165, 1.54) is 12.1 Å². The van der Waals surface area contributed by atoms with E-state index < -0.39 is 11.9 Å². The van der Waals surface area contributed by atoms with E-state index in [-0.39, 0.29) is 11.1 Å². The van der Waals surface area contributed by atoms with Crippen molar-refractivity contribution in [1.29, 1.82) is 0 Å². The van der Waals surface area contributed by atoms with Gasteiger partial charge in [-0.2, -0.15) is 0 Å². The van der Waals surface area contributed by atoms with E-state index in [1.807, 2.05) is 13.8 Å². The van der Waals surface area contributed by atoms with Crippen LogP contribution in [-0.2, 0) is 12.8 Å². The Morgan fingerprint density at radius 1 is 0.850 bits per heavy atom. The molecule has 2 N–H and O–H groups in total. The summed E-state index contributed by atoms with van der Waals surface area (Å²) in [7, 11) is 0. The van der Waals surface area contributed by atoms with Crippen molar-refractivity contribution in [3.05, 3.63) is 34.4 Å². The van der Waals surface area contributed by atoms with Crippen LogP contribution >= 0.6 is 0 Å². The lowest BCUT2D eigenvalue weighted by Crippen LogP contribution is -2.12. The zero-order valence-corrected chi connectivity index (χ0v) is 12.1. The van der Waals surface area contributed by atoms with Crippen LogP contribution in [0, 0.1) is 0 Å². The van der Waals surface area contributed by atoms with Gasteiger partial charge in [0.05, 0.1) is 11.1 Å². The molecule has 0 radical (unpaired) electrons. The number of aromatic carboxylic acids is 2. The monoisotopic (exact) mass is 278 g/mol. The molecule has 0 fully saturated rings. The molecule has 0 atom stereocenters. The number of unbranched alkanes of at least 4 members (excludes halogenated alkanes) is 2. The van der Waals surface area contributed by atoms with Gasteiger partial charge < -0.3 is 10.2 Å². The highest BCUT2D eigenvalue weighted by Crippen LogP contribution is 2.24. The average molecular weight is 278 g/mol. The highest BCUT2D eigenvalue weighted by Gasteiger charge is 2.19. The summed E-state index contributed by atoms with van der Waals surface area (Å²) in [5, 5.41) is 18.6. The van der Waals surface area contributed by atoms with Crippen LogP contribution in [0.4, 0.5) is 0 Å². The maximum Gasteiger partial charge on any atom is 0.335 e. The molecule has 1 rings (SSSR count). The van der Waals surface area contributed by atoms with Gasteiger partial charge in [0, 0.05) is 0 Å². The second-order valence-corrected chi connectivity index (χ2v) is 4.94. The summed E-state index contributed by atoms with van der Waals surface area (Å²) < 4.78 is 0. The lowest BCUT2D eigenvalue weighted by atomic mass is 9.89. The quantitative estimate of drug-likeness (QED) is 0.759. The van der Waals surface area contributed by atoms with Gasteiger partial charge in [0.1, 0.15) is 0 Å². The molecule has 20 heavy (non-hydrogen) atoms. The number of rotatable bonds is 8. The van der Waals surface area contributed by atoms with Crippen molar-refractivity contribution in [3.63, 3.8) is 0 Å².